The van der Waals surface area contributed by atoms with E-state index in [0.29, 0.717) is 30.0 Å². The van der Waals surface area contributed by atoms with E-state index in [-0.39, 0.29) is 55.6 Å². The molecule has 4 aliphatic rings. The normalized spacial score (nSPS) is 20.9. The van der Waals surface area contributed by atoms with Crippen LogP contribution in [-0.2, 0) is 19.2 Å². The molecule has 0 aliphatic carbocycles. The van der Waals surface area contributed by atoms with Crippen LogP contribution in [0.1, 0.15) is 110 Å². The molecule has 3 fully saturated rings. The number of nitrogens with zero attached hydrogens (tertiary/aromatic N) is 9. The van der Waals surface area contributed by atoms with E-state index in [4.69, 9.17) is 16.6 Å². The maximum absolute atomic E-state index is 14.3. The second kappa shape index (κ2) is 21.2. The number of aliphatic hydroxyl groups excluding tert-OH is 1. The number of amides is 4. The van der Waals surface area contributed by atoms with Gasteiger partial charge in [-0.1, -0.05) is 68.8 Å². The standard InChI is InChI=1S/C53H66ClN11O5S2/c1-30-33(4)72-52-45(30)46(36-13-15-38(54)16-14-36)57-41(49-60-59-34(5)65(49)52)26-44(68)63-23-21-62(22-24-63)39-17-19-61(20-18-39)28-43(67)58-48(53(6,7)8)51(70)64-27-40(66)25-42(64)50(69)56-31(2)35-9-11-37(12-10-35)47-32(3)55-29-71-47/h9-16,29,31,39-42,48,66H,17-28H2,1-8H3,(H,56,69)(H,58,67)/t31-,40+,41-,42-,48+/m0/s1. The van der Waals surface area contributed by atoms with E-state index in [1.54, 1.807) is 22.7 Å². The molecule has 0 spiro atoms. The number of carbonyl (C=O) groups is 4. The lowest BCUT2D eigenvalue weighted by molar-refractivity contribution is -0.144. The van der Waals surface area contributed by atoms with Crippen molar-refractivity contribution in [3.05, 3.63) is 104 Å². The molecule has 4 aliphatic heterocycles. The van der Waals surface area contributed by atoms with Gasteiger partial charge in [-0.3, -0.25) is 38.5 Å². The molecule has 19 heteroatoms. The molecule has 72 heavy (non-hydrogen) atoms. The van der Waals surface area contributed by atoms with Crippen LogP contribution in [0, 0.1) is 33.1 Å². The first-order valence-electron chi connectivity index (χ1n) is 25.0. The van der Waals surface area contributed by atoms with Crippen LogP contribution in [-0.4, -0.2) is 150 Å². The first-order valence-corrected chi connectivity index (χ1v) is 27.1. The first kappa shape index (κ1) is 51.5. The van der Waals surface area contributed by atoms with Gasteiger partial charge in [0, 0.05) is 79.3 Å². The predicted molar refractivity (Wildman–Crippen MR) is 282 cm³/mol. The summed E-state index contributed by atoms with van der Waals surface area (Å²) in [4.78, 5) is 76.0. The van der Waals surface area contributed by atoms with E-state index in [9.17, 15) is 24.3 Å². The molecule has 3 N–H and O–H groups in total. The van der Waals surface area contributed by atoms with Gasteiger partial charge in [0.25, 0.3) is 0 Å². The lowest BCUT2D eigenvalue weighted by atomic mass is 9.85. The molecular formula is C53H66ClN11O5S2. The van der Waals surface area contributed by atoms with Crippen LogP contribution in [0.2, 0.25) is 5.02 Å². The highest BCUT2D eigenvalue weighted by Gasteiger charge is 2.45. The minimum atomic E-state index is -0.910. The highest BCUT2D eigenvalue weighted by Crippen LogP contribution is 2.40. The smallest absolute Gasteiger partial charge is 0.246 e. The highest BCUT2D eigenvalue weighted by molar-refractivity contribution is 7.15. The molecule has 0 unspecified atom stereocenters. The Morgan fingerprint density at radius 2 is 1.57 bits per heavy atom. The highest BCUT2D eigenvalue weighted by atomic mass is 35.5. The third-order valence-corrected chi connectivity index (χ3v) is 17.3. The summed E-state index contributed by atoms with van der Waals surface area (Å²) >= 11 is 9.58. The number of fused-ring (bicyclic) bond motifs is 3. The number of benzene rings is 2. The summed E-state index contributed by atoms with van der Waals surface area (Å²) in [6.45, 7) is 20.1. The zero-order valence-electron chi connectivity index (χ0n) is 42.4. The van der Waals surface area contributed by atoms with Crippen LogP contribution in [0.3, 0.4) is 0 Å². The average molecular weight is 1040 g/mol. The van der Waals surface area contributed by atoms with Gasteiger partial charge in [-0.15, -0.1) is 32.9 Å². The SMILES string of the molecule is Cc1ncsc1-c1ccc([C@H](C)NC(=O)[C@@H]2C[C@@H](O)CN2C(=O)[C@@H](NC(=O)CN2CCC(N3CCN(C(=O)C[C@@H]4N=C(c5ccc(Cl)cc5)c5c(sc(C)c5C)-n5c(C)nnc54)CC3)CC2)C(C)(C)C)cc1. The number of aromatic nitrogens is 4. The molecule has 3 saturated heterocycles. The second-order valence-corrected chi connectivity index (χ2v) is 23.4. The maximum atomic E-state index is 14.3. The molecule has 7 heterocycles. The molecule has 5 atom stereocenters. The summed E-state index contributed by atoms with van der Waals surface area (Å²) in [6.07, 6.45) is 1.17. The summed E-state index contributed by atoms with van der Waals surface area (Å²) in [5.74, 6) is 0.468. The Morgan fingerprint density at radius 1 is 0.889 bits per heavy atom. The summed E-state index contributed by atoms with van der Waals surface area (Å²) in [5, 5.41) is 27.6. The van der Waals surface area contributed by atoms with E-state index in [1.807, 2.05) is 100 Å². The summed E-state index contributed by atoms with van der Waals surface area (Å²) in [6, 6.07) is 13.4. The fourth-order valence-corrected chi connectivity index (χ4v) is 12.8. The number of piperidine rings is 1. The third kappa shape index (κ3) is 10.8. The Labute approximate surface area is 434 Å². The average Bonchev–Trinajstić information content (AvgIpc) is 4.13. The number of likely N-dealkylation sites (tertiary alicyclic amines) is 2. The maximum Gasteiger partial charge on any atom is 0.246 e. The lowest BCUT2D eigenvalue weighted by Crippen LogP contribution is -2.59. The Hall–Kier alpha value is -5.37. The predicted octanol–water partition coefficient (Wildman–Crippen LogP) is 6.60. The van der Waals surface area contributed by atoms with Gasteiger partial charge in [-0.05, 0) is 81.7 Å². The number of piperazine rings is 1. The molecule has 0 saturated carbocycles. The number of hydrogen-bond acceptors (Lipinski definition) is 13. The molecule has 4 amide bonds. The molecule has 0 bridgehead atoms. The Balaban J connectivity index is 0.766. The minimum absolute atomic E-state index is 0.00726. The fourth-order valence-electron chi connectivity index (χ4n) is 10.6. The van der Waals surface area contributed by atoms with Crippen LogP contribution < -0.4 is 10.6 Å². The number of hydrogen-bond donors (Lipinski definition) is 3. The molecular weight excluding hydrogens is 970 g/mol. The molecule has 0 radical (unpaired) electrons. The van der Waals surface area contributed by atoms with Crippen molar-refractivity contribution < 1.29 is 24.3 Å². The summed E-state index contributed by atoms with van der Waals surface area (Å²) in [7, 11) is 0. The molecule has 382 valence electrons. The van der Waals surface area contributed by atoms with Crippen molar-refractivity contribution in [2.45, 2.75) is 117 Å². The van der Waals surface area contributed by atoms with Gasteiger partial charge < -0.3 is 25.5 Å². The molecule has 16 nitrogen and oxygen atoms in total. The van der Waals surface area contributed by atoms with Crippen LogP contribution in [0.15, 0.2) is 59.0 Å². The van der Waals surface area contributed by atoms with Crippen molar-refractivity contribution in [3.8, 4) is 15.4 Å². The van der Waals surface area contributed by atoms with Gasteiger partial charge in [0.15, 0.2) is 5.82 Å². The van der Waals surface area contributed by atoms with Crippen LogP contribution >= 0.6 is 34.3 Å². The molecule has 5 aromatic rings. The molecule has 3 aromatic heterocycles. The third-order valence-electron chi connectivity index (χ3n) is 14.9. The van der Waals surface area contributed by atoms with Crippen molar-refractivity contribution in [1.82, 2.24) is 50.0 Å². The zero-order valence-corrected chi connectivity index (χ0v) is 44.8. The van der Waals surface area contributed by atoms with Crippen LogP contribution in [0.25, 0.3) is 15.4 Å². The largest absolute Gasteiger partial charge is 0.391 e. The van der Waals surface area contributed by atoms with Crippen LogP contribution in [0.5, 0.6) is 0 Å². The molecule has 9 rings (SSSR count). The second-order valence-electron chi connectivity index (χ2n) is 20.9. The summed E-state index contributed by atoms with van der Waals surface area (Å²) in [5.41, 5.74) is 8.03. The van der Waals surface area contributed by atoms with Crippen molar-refractivity contribution in [2.24, 2.45) is 10.4 Å². The van der Waals surface area contributed by atoms with E-state index >= 15 is 0 Å². The minimum Gasteiger partial charge on any atom is -0.391 e. The number of thiazole rings is 1. The van der Waals surface area contributed by atoms with Crippen molar-refractivity contribution >= 4 is 63.6 Å². The van der Waals surface area contributed by atoms with Gasteiger partial charge in [0.2, 0.25) is 23.6 Å². The Morgan fingerprint density at radius 3 is 2.22 bits per heavy atom. The number of halogens is 1. The van der Waals surface area contributed by atoms with E-state index in [2.05, 4.69) is 54.0 Å². The zero-order chi connectivity index (χ0) is 51.2. The van der Waals surface area contributed by atoms with Crippen molar-refractivity contribution in [2.75, 3.05) is 52.4 Å². The van der Waals surface area contributed by atoms with Gasteiger partial charge in [0.05, 0.1) is 46.9 Å². The van der Waals surface area contributed by atoms with E-state index < -0.39 is 29.6 Å². The fraction of sp³-hybridized carbons (Fsp3) is 0.509. The number of carbonyl (C=O) groups excluding carboxylic acids is 4. The lowest BCUT2D eigenvalue weighted by Gasteiger charge is -2.43. The number of aliphatic hydroxyl groups is 1. The van der Waals surface area contributed by atoms with Gasteiger partial charge >= 0.3 is 0 Å². The number of aryl methyl sites for hydroxylation is 3. The number of nitrogens with one attached hydrogen (secondary N) is 2. The number of thiophene rings is 1. The summed E-state index contributed by atoms with van der Waals surface area (Å²) < 4.78 is 2.08. The first-order chi connectivity index (χ1) is 34.3. The quantitative estimate of drug-likeness (QED) is 0.123. The van der Waals surface area contributed by atoms with Crippen LogP contribution in [0.4, 0.5) is 0 Å². The van der Waals surface area contributed by atoms with Crippen molar-refractivity contribution in [3.63, 3.8) is 0 Å². The van der Waals surface area contributed by atoms with Crippen molar-refractivity contribution in [1.29, 1.82) is 0 Å². The van der Waals surface area contributed by atoms with Gasteiger partial charge in [0.1, 0.15) is 29.0 Å². The topological polar surface area (TPSA) is 181 Å². The number of aliphatic imine (C=N–C) groups is 1. The van der Waals surface area contributed by atoms with Gasteiger partial charge in [-0.25, -0.2) is 4.98 Å². The Bertz CT molecular complexity index is 2840. The number of β-amino-alcohol motifs (C(OH)–C–C–N with tert-alkyl or cyclic N) is 1. The monoisotopic (exact) mass is 1040 g/mol. The van der Waals surface area contributed by atoms with E-state index in [0.717, 1.165) is 93.9 Å². The molecule has 2 aromatic carbocycles. The van der Waals surface area contributed by atoms with Gasteiger partial charge in [-0.2, -0.15) is 0 Å². The number of rotatable bonds is 12. The van der Waals surface area contributed by atoms with E-state index in [1.165, 1.54) is 9.78 Å². The Kier molecular flexibility index (Phi) is 15.2.